The van der Waals surface area contributed by atoms with Crippen LogP contribution < -0.4 is 9.47 Å². The van der Waals surface area contributed by atoms with E-state index >= 15 is 0 Å². The first-order valence-electron chi connectivity index (χ1n) is 20.6. The number of carbonyl (C=O) groups excluding carboxylic acids is 1. The number of aliphatic hydroxyl groups is 2. The minimum atomic E-state index is -1.36. The molecular weight excluding hydrogens is 724 g/mol. The Morgan fingerprint density at radius 2 is 1.70 bits per heavy atom. The Hall–Kier alpha value is -4.51. The van der Waals surface area contributed by atoms with Gasteiger partial charge in [-0.1, -0.05) is 48.3 Å². The Balaban J connectivity index is 1.43. The predicted molar refractivity (Wildman–Crippen MR) is 218 cm³/mol. The van der Waals surface area contributed by atoms with Crippen LogP contribution in [0.5, 0.6) is 17.2 Å². The van der Waals surface area contributed by atoms with Crippen molar-refractivity contribution in [3.63, 3.8) is 0 Å². The van der Waals surface area contributed by atoms with Crippen molar-refractivity contribution < 1.29 is 38.4 Å². The second-order valence-corrected chi connectivity index (χ2v) is 16.2. The molecule has 4 aliphatic rings. The highest BCUT2D eigenvalue weighted by molar-refractivity contribution is 6.03. The molecule has 10 heteroatoms. The van der Waals surface area contributed by atoms with Crippen molar-refractivity contribution in [1.82, 2.24) is 4.90 Å². The van der Waals surface area contributed by atoms with E-state index in [4.69, 9.17) is 19.0 Å². The van der Waals surface area contributed by atoms with Crippen LogP contribution in [-0.4, -0.2) is 65.5 Å². The summed E-state index contributed by atoms with van der Waals surface area (Å²) in [4.78, 5) is 22.1. The van der Waals surface area contributed by atoms with Crippen molar-refractivity contribution in [3.05, 3.63) is 113 Å². The summed E-state index contributed by atoms with van der Waals surface area (Å²) in [6.45, 7) is 8.80. The molecule has 2 fully saturated rings. The number of aliphatic hydroxyl groups excluding tert-OH is 2. The highest BCUT2D eigenvalue weighted by Gasteiger charge is 2.66. The Morgan fingerprint density at radius 1 is 0.982 bits per heavy atom. The van der Waals surface area contributed by atoms with E-state index in [-0.39, 0.29) is 61.8 Å². The van der Waals surface area contributed by atoms with E-state index in [0.29, 0.717) is 30.8 Å². The second-order valence-electron chi connectivity index (χ2n) is 16.2. The Kier molecular flexibility index (Phi) is 12.8. The lowest BCUT2D eigenvalue weighted by atomic mass is 9.55. The number of benzene rings is 3. The highest BCUT2D eigenvalue weighted by Crippen LogP contribution is 2.62. The van der Waals surface area contributed by atoms with E-state index in [1.54, 1.807) is 25.3 Å². The number of allylic oxidation sites excluding steroid dienone is 1. The van der Waals surface area contributed by atoms with Crippen molar-refractivity contribution >= 4 is 11.6 Å². The number of unbranched alkanes of at least 4 members (excludes halogenated alkanes) is 2. The molecule has 1 amide bonds. The van der Waals surface area contributed by atoms with Gasteiger partial charge >= 0.3 is 0 Å². The van der Waals surface area contributed by atoms with Gasteiger partial charge in [0.05, 0.1) is 18.2 Å². The summed E-state index contributed by atoms with van der Waals surface area (Å²) in [6.07, 6.45) is 10.7. The lowest BCUT2D eigenvalue weighted by molar-refractivity contribution is -0.258. The van der Waals surface area contributed by atoms with Crippen LogP contribution in [0, 0.1) is 43.3 Å². The maximum Gasteiger partial charge on any atom is 0.239 e. The number of nitrogens with zero attached hydrogens (tertiary/aromatic N) is 2. The third-order valence-corrected chi connectivity index (χ3v) is 12.4. The monoisotopic (exact) mass is 780 g/mol. The van der Waals surface area contributed by atoms with Gasteiger partial charge in [0.25, 0.3) is 0 Å². The first-order valence-corrected chi connectivity index (χ1v) is 20.6. The molecule has 0 radical (unpaired) electrons. The third-order valence-electron chi connectivity index (χ3n) is 12.4. The quantitative estimate of drug-likeness (QED) is 0.0754. The van der Waals surface area contributed by atoms with Crippen LogP contribution in [0.2, 0.25) is 0 Å². The molecule has 0 unspecified atom stereocenters. The number of amides is 1. The fourth-order valence-corrected chi connectivity index (χ4v) is 9.43. The molecule has 2 saturated carbocycles. The average molecular weight is 781 g/mol. The summed E-state index contributed by atoms with van der Waals surface area (Å²) >= 11 is 0. The van der Waals surface area contributed by atoms with Crippen LogP contribution in [0.3, 0.4) is 0 Å². The predicted octanol–water partition coefficient (Wildman–Crippen LogP) is 8.94. The zero-order valence-electron chi connectivity index (χ0n) is 33.5. The number of oxime groups is 1. The van der Waals surface area contributed by atoms with Gasteiger partial charge in [-0.25, -0.2) is 4.39 Å². The van der Waals surface area contributed by atoms with E-state index in [0.717, 1.165) is 72.2 Å². The summed E-state index contributed by atoms with van der Waals surface area (Å²) in [7, 11) is 1.55. The van der Waals surface area contributed by atoms with Crippen LogP contribution in [-0.2, 0) is 20.9 Å². The van der Waals surface area contributed by atoms with E-state index in [1.165, 1.54) is 17.7 Å². The van der Waals surface area contributed by atoms with Crippen molar-refractivity contribution in [2.45, 2.75) is 95.9 Å². The van der Waals surface area contributed by atoms with Crippen molar-refractivity contribution in [2.24, 2.45) is 28.8 Å². The summed E-state index contributed by atoms with van der Waals surface area (Å²) in [6, 6.07) is 17.7. The Bertz CT molecular complexity index is 1960. The molecule has 304 valence electrons. The molecule has 3 aliphatic carbocycles. The topological polar surface area (TPSA) is 110 Å². The fraction of sp³-hybridized carbons (Fsp3) is 0.489. The van der Waals surface area contributed by atoms with E-state index in [9.17, 15) is 19.4 Å². The second kappa shape index (κ2) is 18.0. The molecule has 57 heavy (non-hydrogen) atoms. The molecule has 0 bridgehead atoms. The SMILES string of the molecule is C=CCO[C@@]12Oc3ccc(Oc4ccc(C)c(C)c4)cc3[C@H]3[C@H](CCCCO)[C@@H](CCCCO)C=C(C(=NOC)C[C@@H]1N(Cc1ccc(F)cc1)C(=O)C1CC1)[C@H]32. The standard InChI is InChI=1S/C47H57FN2O7/c1-5-24-55-47-43(50(46(53)33-15-16-33)29-32-13-17-35(48)18-14-32)28-41(49-54-4)39-26-34(10-6-8-22-51)38(11-7-9-23-52)44(45(39)47)40-27-37(20-21-42(40)57-47)56-36-19-12-30(2)31(3)25-36/h5,12-14,17-21,25-27,33-34,38,43-45,51-52H,1,6-11,15-16,22-24,28-29H2,2-4H3/t34-,38+,43-,44+,45+,47+/m0/s1. The molecule has 1 heterocycles. The number of hydrogen-bond donors (Lipinski definition) is 2. The molecular formula is C47H57FN2O7. The molecule has 3 aromatic carbocycles. The number of aryl methyl sites for hydroxylation is 2. The van der Waals surface area contributed by atoms with Gasteiger partial charge in [-0.05, 0) is 129 Å². The normalized spacial score (nSPS) is 25.5. The van der Waals surface area contributed by atoms with Gasteiger partial charge < -0.3 is 34.2 Å². The van der Waals surface area contributed by atoms with Crippen LogP contribution >= 0.6 is 0 Å². The highest BCUT2D eigenvalue weighted by atomic mass is 19.1. The fourth-order valence-electron chi connectivity index (χ4n) is 9.43. The van der Waals surface area contributed by atoms with Gasteiger partial charge in [-0.15, -0.1) is 6.58 Å². The van der Waals surface area contributed by atoms with Gasteiger partial charge in [0.1, 0.15) is 36.2 Å². The van der Waals surface area contributed by atoms with Crippen LogP contribution in [0.25, 0.3) is 0 Å². The van der Waals surface area contributed by atoms with E-state index in [2.05, 4.69) is 43.8 Å². The Morgan fingerprint density at radius 3 is 2.39 bits per heavy atom. The van der Waals surface area contributed by atoms with Crippen LogP contribution in [0.1, 0.15) is 86.0 Å². The van der Waals surface area contributed by atoms with E-state index in [1.807, 2.05) is 29.2 Å². The largest absolute Gasteiger partial charge is 0.459 e. The minimum absolute atomic E-state index is 0.00960. The first kappa shape index (κ1) is 40.7. The summed E-state index contributed by atoms with van der Waals surface area (Å²) < 4.78 is 35.1. The van der Waals surface area contributed by atoms with E-state index < -0.39 is 17.7 Å². The minimum Gasteiger partial charge on any atom is -0.459 e. The number of halogens is 1. The molecule has 0 saturated heterocycles. The van der Waals surface area contributed by atoms with Crippen molar-refractivity contribution in [3.8, 4) is 17.2 Å². The molecule has 6 atom stereocenters. The van der Waals surface area contributed by atoms with Gasteiger partial charge in [0, 0.05) is 43.6 Å². The van der Waals surface area contributed by atoms with Gasteiger partial charge in [0.15, 0.2) is 0 Å². The zero-order chi connectivity index (χ0) is 40.1. The Labute approximate surface area is 336 Å². The lowest BCUT2D eigenvalue weighted by Gasteiger charge is -2.60. The molecule has 9 nitrogen and oxygen atoms in total. The molecule has 0 spiro atoms. The molecule has 7 rings (SSSR count). The van der Waals surface area contributed by atoms with Crippen molar-refractivity contribution in [2.75, 3.05) is 26.9 Å². The third kappa shape index (κ3) is 8.54. The van der Waals surface area contributed by atoms with Gasteiger partial charge in [-0.3, -0.25) is 4.79 Å². The number of fused-ring (bicyclic) bond motifs is 2. The number of hydrogen-bond acceptors (Lipinski definition) is 8. The summed E-state index contributed by atoms with van der Waals surface area (Å²) in [5, 5.41) is 24.4. The van der Waals surface area contributed by atoms with Crippen LogP contribution in [0.15, 0.2) is 90.1 Å². The number of rotatable bonds is 18. The molecule has 1 aliphatic heterocycles. The first-order chi connectivity index (χ1) is 27.7. The zero-order valence-corrected chi connectivity index (χ0v) is 33.5. The summed E-state index contributed by atoms with van der Waals surface area (Å²) in [5.41, 5.74) is 5.82. The number of ether oxygens (including phenoxy) is 3. The smallest absolute Gasteiger partial charge is 0.239 e. The maximum absolute atomic E-state index is 14.6. The van der Waals surface area contributed by atoms with Crippen molar-refractivity contribution in [1.29, 1.82) is 0 Å². The number of carbonyl (C=O) groups is 1. The van der Waals surface area contributed by atoms with Gasteiger partial charge in [0.2, 0.25) is 11.7 Å². The average Bonchev–Trinajstić information content (AvgIpc) is 4.06. The summed E-state index contributed by atoms with van der Waals surface area (Å²) in [5.74, 6) is -0.132. The maximum atomic E-state index is 14.6. The lowest BCUT2D eigenvalue weighted by Crippen LogP contribution is -2.70. The molecule has 3 aromatic rings. The molecule has 2 N–H and O–H groups in total. The van der Waals surface area contributed by atoms with Crippen LogP contribution in [0.4, 0.5) is 4.39 Å². The molecule has 0 aromatic heterocycles. The van der Waals surface area contributed by atoms with Gasteiger partial charge in [-0.2, -0.15) is 0 Å².